The Hall–Kier alpha value is -6.56. The summed E-state index contributed by atoms with van der Waals surface area (Å²) in [7, 11) is 0. The summed E-state index contributed by atoms with van der Waals surface area (Å²) in [5.74, 6) is 0. The second-order valence-electron chi connectivity index (χ2n) is 35.1. The van der Waals surface area contributed by atoms with E-state index in [2.05, 4.69) is 300 Å². The molecule has 5 aliphatic rings. The number of fused-ring (bicyclic) bond motifs is 10. The maximum Gasteiger partial charge on any atom is 0.252 e. The second-order valence-corrected chi connectivity index (χ2v) is 36.1. The van der Waals surface area contributed by atoms with Crippen LogP contribution in [0.25, 0.3) is 20.2 Å². The Morgan fingerprint density at radius 3 is 1.24 bits per heavy atom. The Balaban J connectivity index is 1.18. The molecule has 0 unspecified atom stereocenters. The Kier molecular flexibility index (Phi) is 13.1. The van der Waals surface area contributed by atoms with Gasteiger partial charge in [-0.05, 0) is 233 Å². The molecule has 3 nitrogen and oxygen atoms in total. The van der Waals surface area contributed by atoms with Crippen molar-refractivity contribution in [2.75, 3.05) is 14.7 Å². The van der Waals surface area contributed by atoms with E-state index in [0.29, 0.717) is 0 Å². The minimum absolute atomic E-state index is 0.00183. The quantitative estimate of drug-likeness (QED) is 0.159. The van der Waals surface area contributed by atoms with Crippen LogP contribution >= 0.6 is 11.3 Å². The maximum atomic E-state index is 2.78. The fourth-order valence-corrected chi connectivity index (χ4v) is 18.1. The van der Waals surface area contributed by atoms with Gasteiger partial charge in [0.1, 0.15) is 0 Å². The first-order valence-corrected chi connectivity index (χ1v) is 34.6. The Bertz CT molecular complexity index is 4330. The minimum atomic E-state index is -0.140. The van der Waals surface area contributed by atoms with Gasteiger partial charge in [-0.25, -0.2) is 0 Å². The van der Waals surface area contributed by atoms with Crippen LogP contribution in [0.3, 0.4) is 0 Å². The zero-order valence-electron chi connectivity index (χ0n) is 57.8. The average molecular weight is 1190 g/mol. The number of thiophene rings is 1. The normalized spacial score (nSPS) is 19.0. The van der Waals surface area contributed by atoms with Crippen molar-refractivity contribution >= 4 is 106 Å². The molecule has 1 aromatic heterocycles. The smallest absolute Gasteiger partial charge is 0.252 e. The van der Waals surface area contributed by atoms with E-state index in [-0.39, 0.29) is 55.4 Å². The van der Waals surface area contributed by atoms with E-state index >= 15 is 0 Å². The topological polar surface area (TPSA) is 9.72 Å². The molecule has 5 heteroatoms. The first-order chi connectivity index (χ1) is 41.5. The van der Waals surface area contributed by atoms with E-state index < -0.39 is 0 Å². The van der Waals surface area contributed by atoms with Gasteiger partial charge in [-0.3, -0.25) is 0 Å². The third-order valence-corrected chi connectivity index (χ3v) is 24.1. The molecule has 9 aromatic rings. The summed E-state index contributed by atoms with van der Waals surface area (Å²) < 4.78 is 2.73. The van der Waals surface area contributed by atoms with E-state index in [0.717, 1.165) is 49.2 Å². The lowest BCUT2D eigenvalue weighted by Gasteiger charge is -2.49. The standard InChI is InChI=1S/C84H98BN3S/c1-76(2,3)51-26-30-53(31-27-51)86(54-32-28-52(29-33-54)77(4,5)6)57-45-71-74-72(46-57)88(56-42-59-58-24-22-23-25-73(58)89-75(59)66(44-56)78(7,8)9)70-50-65-63(82(16,17)39-41-84(65,20)21)48-68(70)85(74)67-47-62-64(83(18,19)40-38-81(62,14)15)49-69(67)87(71)55-34-35-60-61(43-55)80(12,13)37-36-79(60,10)11/h22-35,42-50H,36-41H2,1-21H3. The molecule has 0 fully saturated rings. The summed E-state index contributed by atoms with van der Waals surface area (Å²) in [6, 6.07) is 57.2. The molecule has 0 saturated carbocycles. The van der Waals surface area contributed by atoms with Crippen molar-refractivity contribution in [1.29, 1.82) is 0 Å². The van der Waals surface area contributed by atoms with Crippen molar-refractivity contribution in [3.05, 3.63) is 190 Å². The molecular weight excluding hydrogens is 1090 g/mol. The molecule has 3 aliphatic carbocycles. The molecule has 0 amide bonds. The van der Waals surface area contributed by atoms with Crippen molar-refractivity contribution in [3.8, 4) is 0 Å². The number of benzene rings is 8. The molecule has 89 heavy (non-hydrogen) atoms. The number of hydrogen-bond donors (Lipinski definition) is 0. The molecule has 0 bridgehead atoms. The highest BCUT2D eigenvalue weighted by molar-refractivity contribution is 7.26. The molecule has 8 aromatic carbocycles. The summed E-state index contributed by atoms with van der Waals surface area (Å²) in [5, 5.41) is 2.67. The van der Waals surface area contributed by atoms with Crippen molar-refractivity contribution in [2.45, 2.75) is 233 Å². The summed E-state index contributed by atoms with van der Waals surface area (Å²) >= 11 is 1.96. The van der Waals surface area contributed by atoms with Crippen molar-refractivity contribution in [2.24, 2.45) is 0 Å². The van der Waals surface area contributed by atoms with Gasteiger partial charge < -0.3 is 14.7 Å². The Morgan fingerprint density at radius 2 is 0.787 bits per heavy atom. The number of rotatable bonds is 5. The van der Waals surface area contributed by atoms with Crippen LogP contribution in [0.1, 0.15) is 234 Å². The first kappa shape index (κ1) is 60.0. The highest BCUT2D eigenvalue weighted by atomic mass is 32.1. The van der Waals surface area contributed by atoms with Crippen LogP contribution < -0.4 is 31.1 Å². The molecule has 458 valence electrons. The maximum absolute atomic E-state index is 2.78. The van der Waals surface area contributed by atoms with Crippen LogP contribution in [0.2, 0.25) is 0 Å². The largest absolute Gasteiger partial charge is 0.311 e. The van der Waals surface area contributed by atoms with Gasteiger partial charge in [-0.2, -0.15) is 0 Å². The van der Waals surface area contributed by atoms with Crippen LogP contribution in [-0.4, -0.2) is 6.71 Å². The molecule has 0 saturated heterocycles. The highest BCUT2D eigenvalue weighted by Crippen LogP contribution is 2.57. The van der Waals surface area contributed by atoms with Gasteiger partial charge in [0.15, 0.2) is 0 Å². The lowest BCUT2D eigenvalue weighted by atomic mass is 9.32. The van der Waals surface area contributed by atoms with Crippen LogP contribution in [-0.2, 0) is 48.7 Å². The lowest BCUT2D eigenvalue weighted by Crippen LogP contribution is -2.62. The highest BCUT2D eigenvalue weighted by Gasteiger charge is 2.50. The minimum Gasteiger partial charge on any atom is -0.311 e. The van der Waals surface area contributed by atoms with E-state index in [1.54, 1.807) is 0 Å². The predicted octanol–water partition coefficient (Wildman–Crippen LogP) is 22.5. The number of nitrogens with zero attached hydrogens (tertiary/aromatic N) is 3. The van der Waals surface area contributed by atoms with E-state index in [9.17, 15) is 0 Å². The zero-order valence-corrected chi connectivity index (χ0v) is 58.7. The summed E-state index contributed by atoms with van der Waals surface area (Å²) in [4.78, 5) is 8.14. The molecule has 0 atom stereocenters. The van der Waals surface area contributed by atoms with Crippen LogP contribution in [0.5, 0.6) is 0 Å². The molecule has 14 rings (SSSR count). The fraction of sp³-hybridized carbons (Fsp3) is 0.429. The van der Waals surface area contributed by atoms with Gasteiger partial charge in [0.25, 0.3) is 6.71 Å². The van der Waals surface area contributed by atoms with Crippen LogP contribution in [0, 0.1) is 0 Å². The van der Waals surface area contributed by atoms with Gasteiger partial charge in [-0.15, -0.1) is 11.3 Å². The fourth-order valence-electron chi connectivity index (χ4n) is 16.7. The molecule has 3 heterocycles. The van der Waals surface area contributed by atoms with Gasteiger partial charge in [0.05, 0.1) is 5.69 Å². The third-order valence-electron chi connectivity index (χ3n) is 22.9. The first-order valence-electron chi connectivity index (χ1n) is 33.7. The number of hydrogen-bond acceptors (Lipinski definition) is 4. The Labute approximate surface area is 539 Å². The third kappa shape index (κ3) is 9.51. The monoisotopic (exact) mass is 1190 g/mol. The van der Waals surface area contributed by atoms with E-state index in [4.69, 9.17) is 0 Å². The van der Waals surface area contributed by atoms with E-state index in [1.807, 2.05) is 11.3 Å². The Morgan fingerprint density at radius 1 is 0.371 bits per heavy atom. The van der Waals surface area contributed by atoms with Gasteiger partial charge in [0.2, 0.25) is 0 Å². The van der Waals surface area contributed by atoms with Crippen molar-refractivity contribution < 1.29 is 0 Å². The van der Waals surface area contributed by atoms with Crippen molar-refractivity contribution in [3.63, 3.8) is 0 Å². The predicted molar refractivity (Wildman–Crippen MR) is 390 cm³/mol. The van der Waals surface area contributed by atoms with Crippen molar-refractivity contribution in [1.82, 2.24) is 0 Å². The van der Waals surface area contributed by atoms with Gasteiger partial charge in [-0.1, -0.05) is 206 Å². The second kappa shape index (κ2) is 19.5. The summed E-state index contributed by atoms with van der Waals surface area (Å²) in [6.45, 7) is 51.3. The molecule has 2 aliphatic heterocycles. The van der Waals surface area contributed by atoms with Gasteiger partial charge >= 0.3 is 0 Å². The molecule has 0 radical (unpaired) electrons. The average Bonchev–Trinajstić information content (AvgIpc) is 1.11. The van der Waals surface area contributed by atoms with Gasteiger partial charge in [0, 0.05) is 65.7 Å². The SMILES string of the molecule is CC(C)(C)c1ccc(N(c2ccc(C(C)(C)C)cc2)c2cc3c4c(c2)N(c2cc(C(C)(C)C)c5sc6ccccc6c5c2)c2cc5c(cc2B4c2cc4c(cc2N3c2ccc3c(c2)C(C)(C)CCC3(C)C)C(C)(C)CCC4(C)C)C(C)(C)CCC5(C)C)cc1. The van der Waals surface area contributed by atoms with E-state index in [1.165, 1.54) is 127 Å². The molecule has 0 spiro atoms. The molecule has 0 N–H and O–H groups in total. The summed E-state index contributed by atoms with van der Waals surface area (Å²) in [5.41, 5.74) is 28.1. The number of anilines is 9. The van der Waals surface area contributed by atoms with Crippen LogP contribution in [0.15, 0.2) is 140 Å². The lowest BCUT2D eigenvalue weighted by molar-refractivity contribution is 0.332. The summed E-state index contributed by atoms with van der Waals surface area (Å²) in [6.07, 6.45) is 6.92. The van der Waals surface area contributed by atoms with Crippen LogP contribution in [0.4, 0.5) is 51.2 Å². The zero-order chi connectivity index (χ0) is 63.5. The molecular formula is C84H98BN3S.